The summed E-state index contributed by atoms with van der Waals surface area (Å²) in [6.45, 7) is 0. The lowest BCUT2D eigenvalue weighted by atomic mass is 10.1. The average Bonchev–Trinajstić information content (AvgIpc) is 2.97. The second kappa shape index (κ2) is 7.24. The van der Waals surface area contributed by atoms with Crippen LogP contribution in [0, 0.1) is 0 Å². The maximum atomic E-state index is 11.2. The number of aromatic nitrogens is 1. The van der Waals surface area contributed by atoms with Gasteiger partial charge < -0.3 is 10.4 Å². The average molecular weight is 322 g/mol. The molecule has 0 unspecified atom stereocenters. The standard InChI is InChI=1S/C14H14N2O3S2/c1-15-12(17)8-20-6-9-4-2-3-5-10(9)13-16-11(7-21-13)14(18)19/h2-5,7H,6,8H2,1H3,(H,15,17)(H,18,19). The van der Waals surface area contributed by atoms with Crippen molar-refractivity contribution in [3.05, 3.63) is 40.9 Å². The molecule has 1 aromatic heterocycles. The molecule has 0 saturated carbocycles. The number of carbonyl (C=O) groups excluding carboxylic acids is 1. The van der Waals surface area contributed by atoms with E-state index in [0.29, 0.717) is 16.5 Å². The van der Waals surface area contributed by atoms with Gasteiger partial charge in [0.15, 0.2) is 5.69 Å². The van der Waals surface area contributed by atoms with Crippen molar-refractivity contribution in [3.8, 4) is 10.6 Å². The van der Waals surface area contributed by atoms with Gasteiger partial charge in [-0.1, -0.05) is 24.3 Å². The summed E-state index contributed by atoms with van der Waals surface area (Å²) in [6.07, 6.45) is 0. The Kier molecular flexibility index (Phi) is 5.35. The number of hydrogen-bond donors (Lipinski definition) is 2. The lowest BCUT2D eigenvalue weighted by Crippen LogP contribution is -2.19. The highest BCUT2D eigenvalue weighted by molar-refractivity contribution is 7.99. The molecule has 2 N–H and O–H groups in total. The molecule has 0 fully saturated rings. The largest absolute Gasteiger partial charge is 0.476 e. The van der Waals surface area contributed by atoms with Crippen LogP contribution in [-0.4, -0.2) is 34.8 Å². The number of amides is 1. The summed E-state index contributed by atoms with van der Waals surface area (Å²) in [6, 6.07) is 7.70. The van der Waals surface area contributed by atoms with Crippen LogP contribution in [0.2, 0.25) is 0 Å². The third-order valence-corrected chi connectivity index (χ3v) is 4.60. The van der Waals surface area contributed by atoms with Crippen molar-refractivity contribution in [3.63, 3.8) is 0 Å². The van der Waals surface area contributed by atoms with E-state index in [0.717, 1.165) is 11.1 Å². The van der Waals surface area contributed by atoms with Gasteiger partial charge in [0.2, 0.25) is 5.91 Å². The minimum absolute atomic E-state index is 0.0140. The predicted molar refractivity (Wildman–Crippen MR) is 84.7 cm³/mol. The monoisotopic (exact) mass is 322 g/mol. The Hall–Kier alpha value is -1.86. The van der Waals surface area contributed by atoms with E-state index in [1.807, 2.05) is 24.3 Å². The van der Waals surface area contributed by atoms with Gasteiger partial charge in [0.25, 0.3) is 0 Å². The van der Waals surface area contributed by atoms with Crippen molar-refractivity contribution in [2.24, 2.45) is 0 Å². The molecule has 0 aliphatic carbocycles. The van der Waals surface area contributed by atoms with E-state index in [2.05, 4.69) is 10.3 Å². The summed E-state index contributed by atoms with van der Waals surface area (Å²) >= 11 is 2.82. The Balaban J connectivity index is 2.16. The second-order valence-electron chi connectivity index (χ2n) is 4.17. The van der Waals surface area contributed by atoms with Crippen LogP contribution in [0.3, 0.4) is 0 Å². The number of benzene rings is 1. The first-order valence-electron chi connectivity index (χ1n) is 6.17. The molecule has 1 amide bonds. The van der Waals surface area contributed by atoms with E-state index in [1.54, 1.807) is 7.05 Å². The predicted octanol–water partition coefficient (Wildman–Crippen LogP) is 2.49. The number of carbonyl (C=O) groups is 2. The zero-order valence-corrected chi connectivity index (χ0v) is 13.0. The highest BCUT2D eigenvalue weighted by atomic mass is 32.2. The highest BCUT2D eigenvalue weighted by Gasteiger charge is 2.13. The molecule has 0 saturated heterocycles. The molecule has 1 heterocycles. The van der Waals surface area contributed by atoms with Crippen molar-refractivity contribution in [1.29, 1.82) is 0 Å². The summed E-state index contributed by atoms with van der Waals surface area (Å²) in [5.74, 6) is 0.0261. The molecule has 7 heteroatoms. The molecule has 1 aromatic carbocycles. The molecule has 21 heavy (non-hydrogen) atoms. The number of thioether (sulfide) groups is 1. The summed E-state index contributed by atoms with van der Waals surface area (Å²) in [4.78, 5) is 26.3. The Morgan fingerprint density at radius 1 is 1.38 bits per heavy atom. The Labute approximate surface area is 130 Å². The zero-order valence-electron chi connectivity index (χ0n) is 11.3. The Morgan fingerprint density at radius 3 is 2.81 bits per heavy atom. The fraction of sp³-hybridized carbons (Fsp3) is 0.214. The SMILES string of the molecule is CNC(=O)CSCc1ccccc1-c1nc(C(=O)O)cs1. The first-order valence-corrected chi connectivity index (χ1v) is 8.20. The number of carboxylic acid groups (broad SMARTS) is 1. The van der Waals surface area contributed by atoms with E-state index in [4.69, 9.17) is 5.11 Å². The van der Waals surface area contributed by atoms with Crippen LogP contribution in [0.15, 0.2) is 29.6 Å². The van der Waals surface area contributed by atoms with Crippen LogP contribution >= 0.6 is 23.1 Å². The van der Waals surface area contributed by atoms with Crippen LogP contribution in [0.1, 0.15) is 16.1 Å². The molecule has 2 rings (SSSR count). The van der Waals surface area contributed by atoms with Gasteiger partial charge in [-0.2, -0.15) is 0 Å². The van der Waals surface area contributed by atoms with Gasteiger partial charge in [-0.25, -0.2) is 9.78 Å². The van der Waals surface area contributed by atoms with Crippen LogP contribution in [0.5, 0.6) is 0 Å². The number of thiazole rings is 1. The number of hydrogen-bond acceptors (Lipinski definition) is 5. The van der Waals surface area contributed by atoms with E-state index in [-0.39, 0.29) is 11.6 Å². The Morgan fingerprint density at radius 2 is 2.14 bits per heavy atom. The molecule has 110 valence electrons. The second-order valence-corrected chi connectivity index (χ2v) is 6.01. The number of rotatable bonds is 6. The highest BCUT2D eigenvalue weighted by Crippen LogP contribution is 2.29. The van der Waals surface area contributed by atoms with E-state index in [1.165, 1.54) is 28.5 Å². The smallest absolute Gasteiger partial charge is 0.355 e. The number of aromatic carboxylic acids is 1. The number of nitrogens with one attached hydrogen (secondary N) is 1. The maximum absolute atomic E-state index is 11.2. The van der Waals surface area contributed by atoms with Gasteiger partial charge >= 0.3 is 5.97 Å². The van der Waals surface area contributed by atoms with E-state index < -0.39 is 5.97 Å². The van der Waals surface area contributed by atoms with Crippen LogP contribution in [-0.2, 0) is 10.5 Å². The molecular formula is C14H14N2O3S2. The van der Waals surface area contributed by atoms with Gasteiger partial charge in [0, 0.05) is 23.7 Å². The lowest BCUT2D eigenvalue weighted by Gasteiger charge is -2.06. The molecule has 0 spiro atoms. The zero-order chi connectivity index (χ0) is 15.2. The first-order chi connectivity index (χ1) is 10.1. The van der Waals surface area contributed by atoms with E-state index in [9.17, 15) is 9.59 Å². The summed E-state index contributed by atoms with van der Waals surface area (Å²) in [5.41, 5.74) is 2.01. The molecule has 2 aromatic rings. The quantitative estimate of drug-likeness (QED) is 0.854. The molecular weight excluding hydrogens is 308 g/mol. The van der Waals surface area contributed by atoms with E-state index >= 15 is 0 Å². The number of nitrogens with zero attached hydrogens (tertiary/aromatic N) is 1. The minimum atomic E-state index is -1.02. The van der Waals surface area contributed by atoms with Gasteiger partial charge in [-0.3, -0.25) is 4.79 Å². The van der Waals surface area contributed by atoms with Crippen LogP contribution < -0.4 is 5.32 Å². The third-order valence-electron chi connectivity index (χ3n) is 2.74. The summed E-state index contributed by atoms with van der Waals surface area (Å²) < 4.78 is 0. The topological polar surface area (TPSA) is 79.3 Å². The fourth-order valence-corrected chi connectivity index (χ4v) is 3.43. The van der Waals surface area contributed by atoms with Crippen molar-refractivity contribution in [2.45, 2.75) is 5.75 Å². The third kappa shape index (κ3) is 4.05. The van der Waals surface area contributed by atoms with Crippen molar-refractivity contribution < 1.29 is 14.7 Å². The minimum Gasteiger partial charge on any atom is -0.476 e. The van der Waals surface area contributed by atoms with Gasteiger partial charge in [-0.15, -0.1) is 23.1 Å². The van der Waals surface area contributed by atoms with Gasteiger partial charge in [-0.05, 0) is 5.56 Å². The molecule has 0 aliphatic heterocycles. The summed E-state index contributed by atoms with van der Waals surface area (Å²) in [5, 5.41) is 13.7. The van der Waals surface area contributed by atoms with Gasteiger partial charge in [0.05, 0.1) is 5.75 Å². The van der Waals surface area contributed by atoms with Crippen molar-refractivity contribution in [2.75, 3.05) is 12.8 Å². The maximum Gasteiger partial charge on any atom is 0.355 e. The number of carboxylic acids is 1. The van der Waals surface area contributed by atoms with Crippen LogP contribution in [0.25, 0.3) is 10.6 Å². The molecule has 0 atom stereocenters. The Bertz CT molecular complexity index is 655. The van der Waals surface area contributed by atoms with Crippen molar-refractivity contribution in [1.82, 2.24) is 10.3 Å². The van der Waals surface area contributed by atoms with Crippen molar-refractivity contribution >= 4 is 35.0 Å². The van der Waals surface area contributed by atoms with Crippen LogP contribution in [0.4, 0.5) is 0 Å². The molecule has 0 bridgehead atoms. The fourth-order valence-electron chi connectivity index (χ4n) is 1.68. The normalized spacial score (nSPS) is 10.3. The summed E-state index contributed by atoms with van der Waals surface area (Å²) in [7, 11) is 1.61. The molecule has 0 radical (unpaired) electrons. The first kappa shape index (κ1) is 15.5. The molecule has 0 aliphatic rings. The lowest BCUT2D eigenvalue weighted by molar-refractivity contribution is -0.118. The molecule has 5 nitrogen and oxygen atoms in total. The van der Waals surface area contributed by atoms with Gasteiger partial charge in [0.1, 0.15) is 5.01 Å².